The van der Waals surface area contributed by atoms with Crippen molar-refractivity contribution >= 4 is 17.3 Å². The molecule has 5 nitrogen and oxygen atoms in total. The summed E-state index contributed by atoms with van der Waals surface area (Å²) >= 11 is 0. The molecule has 25 heavy (non-hydrogen) atoms. The monoisotopic (exact) mass is 332 g/mol. The molecular weight excluding hydrogens is 312 g/mol. The Labute approximate surface area is 146 Å². The van der Waals surface area contributed by atoms with E-state index in [0.29, 0.717) is 6.42 Å². The van der Waals surface area contributed by atoms with E-state index in [1.54, 1.807) is 6.20 Å². The number of aromatic nitrogens is 2. The number of nitrogens with zero attached hydrogens (tertiary/aromatic N) is 3. The summed E-state index contributed by atoms with van der Waals surface area (Å²) < 4.78 is 1.84. The average molecular weight is 332 g/mol. The van der Waals surface area contributed by atoms with Gasteiger partial charge in [0.25, 0.3) is 0 Å². The number of anilines is 2. The Kier molecular flexibility index (Phi) is 4.21. The first-order chi connectivity index (χ1) is 12.3. The molecule has 0 aliphatic carbocycles. The SMILES string of the molecule is O=C1CCCN1c1cccc(NCc2ccc(-n3cccn3)cc2)c1. The standard InChI is InChI=1S/C20H20N4O/c25-20-6-2-12-23(20)19-5-1-4-17(14-19)21-15-16-7-9-18(10-8-16)24-13-3-11-22-24/h1,3-5,7-11,13-14,21H,2,6,12,15H2. The van der Waals surface area contributed by atoms with Crippen LogP contribution in [0.5, 0.6) is 0 Å². The summed E-state index contributed by atoms with van der Waals surface area (Å²) in [5, 5.41) is 7.67. The van der Waals surface area contributed by atoms with E-state index < -0.39 is 0 Å². The molecule has 2 aromatic carbocycles. The maximum Gasteiger partial charge on any atom is 0.227 e. The highest BCUT2D eigenvalue weighted by Crippen LogP contribution is 2.24. The lowest BCUT2D eigenvalue weighted by atomic mass is 10.2. The van der Waals surface area contributed by atoms with Crippen LogP contribution in [0.2, 0.25) is 0 Å². The van der Waals surface area contributed by atoms with E-state index in [-0.39, 0.29) is 5.91 Å². The molecule has 0 unspecified atom stereocenters. The van der Waals surface area contributed by atoms with Gasteiger partial charge in [0.05, 0.1) is 5.69 Å². The molecule has 1 N–H and O–H groups in total. The van der Waals surface area contributed by atoms with Crippen molar-refractivity contribution in [3.8, 4) is 5.69 Å². The second kappa shape index (κ2) is 6.81. The van der Waals surface area contributed by atoms with Gasteiger partial charge in [-0.1, -0.05) is 18.2 Å². The zero-order chi connectivity index (χ0) is 17.1. The molecule has 0 saturated carbocycles. The van der Waals surface area contributed by atoms with E-state index >= 15 is 0 Å². The summed E-state index contributed by atoms with van der Waals surface area (Å²) in [7, 11) is 0. The third-order valence-corrected chi connectivity index (χ3v) is 4.43. The van der Waals surface area contributed by atoms with Gasteiger partial charge in [0.2, 0.25) is 5.91 Å². The van der Waals surface area contributed by atoms with Crippen molar-refractivity contribution in [3.63, 3.8) is 0 Å². The van der Waals surface area contributed by atoms with Gasteiger partial charge in [0.1, 0.15) is 0 Å². The highest BCUT2D eigenvalue weighted by atomic mass is 16.2. The van der Waals surface area contributed by atoms with Crippen LogP contribution in [0.4, 0.5) is 11.4 Å². The molecule has 5 heteroatoms. The molecule has 1 amide bonds. The van der Waals surface area contributed by atoms with E-state index in [1.165, 1.54) is 5.56 Å². The maximum atomic E-state index is 11.9. The summed E-state index contributed by atoms with van der Waals surface area (Å²) in [5.74, 6) is 0.214. The molecule has 0 bridgehead atoms. The first-order valence-corrected chi connectivity index (χ1v) is 8.53. The van der Waals surface area contributed by atoms with Crippen LogP contribution < -0.4 is 10.2 Å². The Morgan fingerprint density at radius 1 is 1.04 bits per heavy atom. The second-order valence-electron chi connectivity index (χ2n) is 6.17. The van der Waals surface area contributed by atoms with E-state index in [1.807, 2.05) is 46.1 Å². The van der Waals surface area contributed by atoms with Gasteiger partial charge in [-0.05, 0) is 48.4 Å². The summed E-state index contributed by atoms with van der Waals surface area (Å²) in [4.78, 5) is 13.8. The molecule has 2 heterocycles. The summed E-state index contributed by atoms with van der Waals surface area (Å²) in [6.07, 6.45) is 5.30. The topological polar surface area (TPSA) is 50.2 Å². The van der Waals surface area contributed by atoms with Gasteiger partial charge >= 0.3 is 0 Å². The van der Waals surface area contributed by atoms with Crippen LogP contribution in [0.25, 0.3) is 5.69 Å². The molecule has 3 aromatic rings. The summed E-state index contributed by atoms with van der Waals surface area (Å²) in [6.45, 7) is 1.55. The molecule has 1 aliphatic heterocycles. The third kappa shape index (κ3) is 3.40. The number of carbonyl (C=O) groups is 1. The van der Waals surface area contributed by atoms with Gasteiger partial charge in [-0.3, -0.25) is 4.79 Å². The van der Waals surface area contributed by atoms with Gasteiger partial charge < -0.3 is 10.2 Å². The quantitative estimate of drug-likeness (QED) is 0.776. The largest absolute Gasteiger partial charge is 0.381 e. The maximum absolute atomic E-state index is 11.9. The predicted molar refractivity (Wildman–Crippen MR) is 98.9 cm³/mol. The van der Waals surface area contributed by atoms with Gasteiger partial charge in [0, 0.05) is 43.3 Å². The van der Waals surface area contributed by atoms with E-state index in [4.69, 9.17) is 0 Å². The lowest BCUT2D eigenvalue weighted by Crippen LogP contribution is -2.23. The smallest absolute Gasteiger partial charge is 0.227 e. The minimum atomic E-state index is 0.214. The van der Waals surface area contributed by atoms with Crippen molar-refractivity contribution in [3.05, 3.63) is 72.6 Å². The van der Waals surface area contributed by atoms with Crippen molar-refractivity contribution < 1.29 is 4.79 Å². The highest BCUT2D eigenvalue weighted by molar-refractivity contribution is 5.95. The minimum absolute atomic E-state index is 0.214. The summed E-state index contributed by atoms with van der Waals surface area (Å²) in [5.41, 5.74) is 4.23. The Hall–Kier alpha value is -3.08. The number of amides is 1. The lowest BCUT2D eigenvalue weighted by molar-refractivity contribution is -0.117. The minimum Gasteiger partial charge on any atom is -0.381 e. The molecule has 126 valence electrons. The number of benzene rings is 2. The molecule has 0 atom stereocenters. The molecule has 1 saturated heterocycles. The van der Waals surface area contributed by atoms with E-state index in [0.717, 1.165) is 36.6 Å². The normalized spacial score (nSPS) is 14.1. The van der Waals surface area contributed by atoms with Crippen LogP contribution in [0.3, 0.4) is 0 Å². The van der Waals surface area contributed by atoms with Crippen molar-refractivity contribution in [2.75, 3.05) is 16.8 Å². The number of carbonyl (C=O) groups excluding carboxylic acids is 1. The van der Waals surface area contributed by atoms with Crippen LogP contribution in [0, 0.1) is 0 Å². The van der Waals surface area contributed by atoms with Gasteiger partial charge in [0.15, 0.2) is 0 Å². The van der Waals surface area contributed by atoms with Gasteiger partial charge in [-0.25, -0.2) is 4.68 Å². The lowest BCUT2D eigenvalue weighted by Gasteiger charge is -2.17. The molecule has 1 aromatic heterocycles. The van der Waals surface area contributed by atoms with Crippen LogP contribution in [-0.4, -0.2) is 22.2 Å². The third-order valence-electron chi connectivity index (χ3n) is 4.43. The highest BCUT2D eigenvalue weighted by Gasteiger charge is 2.21. The Bertz CT molecular complexity index is 856. The van der Waals surface area contributed by atoms with E-state index in [9.17, 15) is 4.79 Å². The van der Waals surface area contributed by atoms with Crippen molar-refractivity contribution in [2.45, 2.75) is 19.4 Å². The first-order valence-electron chi connectivity index (χ1n) is 8.53. The molecule has 0 radical (unpaired) electrons. The molecule has 0 spiro atoms. The molecule has 1 fully saturated rings. The number of hydrogen-bond donors (Lipinski definition) is 1. The van der Waals surface area contributed by atoms with Crippen LogP contribution in [-0.2, 0) is 11.3 Å². The number of nitrogens with one attached hydrogen (secondary N) is 1. The van der Waals surface area contributed by atoms with Crippen LogP contribution >= 0.6 is 0 Å². The molecule has 1 aliphatic rings. The number of rotatable bonds is 5. The summed E-state index contributed by atoms with van der Waals surface area (Å²) in [6, 6.07) is 18.3. The zero-order valence-corrected chi connectivity index (χ0v) is 13.9. The van der Waals surface area contributed by atoms with E-state index in [2.05, 4.69) is 34.7 Å². The van der Waals surface area contributed by atoms with Crippen molar-refractivity contribution in [1.29, 1.82) is 0 Å². The zero-order valence-electron chi connectivity index (χ0n) is 13.9. The van der Waals surface area contributed by atoms with Gasteiger partial charge in [-0.15, -0.1) is 0 Å². The fraction of sp³-hybridized carbons (Fsp3) is 0.200. The molecular formula is C20H20N4O. The first kappa shape index (κ1) is 15.4. The fourth-order valence-electron chi connectivity index (χ4n) is 3.10. The Balaban J connectivity index is 1.42. The fourth-order valence-corrected chi connectivity index (χ4v) is 3.10. The second-order valence-corrected chi connectivity index (χ2v) is 6.17. The average Bonchev–Trinajstić information content (AvgIpc) is 3.32. The van der Waals surface area contributed by atoms with Crippen LogP contribution in [0.1, 0.15) is 18.4 Å². The van der Waals surface area contributed by atoms with Crippen LogP contribution in [0.15, 0.2) is 67.0 Å². The predicted octanol–water partition coefficient (Wildman–Crippen LogP) is 3.61. The van der Waals surface area contributed by atoms with Crippen molar-refractivity contribution in [2.24, 2.45) is 0 Å². The Morgan fingerprint density at radius 3 is 2.64 bits per heavy atom. The number of hydrogen-bond acceptors (Lipinski definition) is 3. The molecule has 4 rings (SSSR count). The van der Waals surface area contributed by atoms with Crippen molar-refractivity contribution in [1.82, 2.24) is 9.78 Å². The van der Waals surface area contributed by atoms with Gasteiger partial charge in [-0.2, -0.15) is 5.10 Å². The Morgan fingerprint density at radius 2 is 1.92 bits per heavy atom.